The molecular formula is C12H16ClN3S. The summed E-state index contributed by atoms with van der Waals surface area (Å²) in [7, 11) is 0. The van der Waals surface area contributed by atoms with E-state index in [1.165, 1.54) is 10.6 Å². The Bertz CT molecular complexity index is 478. The third kappa shape index (κ3) is 2.89. The molecule has 0 amide bonds. The predicted molar refractivity (Wildman–Crippen MR) is 72.7 cm³/mol. The van der Waals surface area contributed by atoms with Crippen LogP contribution in [-0.4, -0.2) is 16.1 Å². The van der Waals surface area contributed by atoms with Gasteiger partial charge >= 0.3 is 0 Å². The molecule has 2 rings (SSSR count). The van der Waals surface area contributed by atoms with Gasteiger partial charge in [-0.2, -0.15) is 0 Å². The van der Waals surface area contributed by atoms with Crippen LogP contribution in [0.15, 0.2) is 24.7 Å². The van der Waals surface area contributed by atoms with Gasteiger partial charge in [0.05, 0.1) is 22.4 Å². The number of hydrogen-bond donors (Lipinski definition) is 1. The van der Waals surface area contributed by atoms with E-state index >= 15 is 0 Å². The maximum absolute atomic E-state index is 5.97. The highest BCUT2D eigenvalue weighted by Gasteiger charge is 2.13. The molecule has 1 unspecified atom stereocenters. The zero-order valence-corrected chi connectivity index (χ0v) is 11.6. The lowest BCUT2D eigenvalue weighted by molar-refractivity contribution is 0.589. The van der Waals surface area contributed by atoms with Gasteiger partial charge in [-0.3, -0.25) is 0 Å². The Morgan fingerprint density at radius 1 is 1.53 bits per heavy atom. The smallest absolute Gasteiger partial charge is 0.0954 e. The molecule has 92 valence electrons. The van der Waals surface area contributed by atoms with Gasteiger partial charge in [-0.1, -0.05) is 18.5 Å². The first-order valence-corrected chi connectivity index (χ1v) is 6.88. The van der Waals surface area contributed by atoms with Crippen LogP contribution in [0.4, 0.5) is 0 Å². The molecule has 1 N–H and O–H groups in total. The minimum Gasteiger partial charge on any atom is -0.325 e. The van der Waals surface area contributed by atoms with Gasteiger partial charge in [0, 0.05) is 17.6 Å². The van der Waals surface area contributed by atoms with E-state index in [0.29, 0.717) is 0 Å². The highest BCUT2D eigenvalue weighted by molar-refractivity contribution is 7.16. The summed E-state index contributed by atoms with van der Waals surface area (Å²) in [5.74, 6) is 0. The van der Waals surface area contributed by atoms with E-state index in [1.54, 1.807) is 11.3 Å². The van der Waals surface area contributed by atoms with E-state index in [-0.39, 0.29) is 6.04 Å². The third-order valence-corrected chi connectivity index (χ3v) is 4.13. The second-order valence-corrected chi connectivity index (χ2v) is 5.64. The van der Waals surface area contributed by atoms with E-state index in [2.05, 4.69) is 34.8 Å². The monoisotopic (exact) mass is 269 g/mol. The van der Waals surface area contributed by atoms with Crippen molar-refractivity contribution < 1.29 is 0 Å². The van der Waals surface area contributed by atoms with Crippen LogP contribution in [0.25, 0.3) is 0 Å². The molecule has 0 aliphatic rings. The van der Waals surface area contributed by atoms with Crippen molar-refractivity contribution >= 4 is 22.9 Å². The summed E-state index contributed by atoms with van der Waals surface area (Å²) < 4.78 is 3.02. The molecule has 2 aromatic rings. The number of halogens is 1. The van der Waals surface area contributed by atoms with Crippen LogP contribution in [0.3, 0.4) is 0 Å². The van der Waals surface area contributed by atoms with Crippen molar-refractivity contribution in [1.82, 2.24) is 14.9 Å². The van der Waals surface area contributed by atoms with E-state index in [9.17, 15) is 0 Å². The summed E-state index contributed by atoms with van der Waals surface area (Å²) in [6.07, 6.45) is 3.79. The topological polar surface area (TPSA) is 29.9 Å². The van der Waals surface area contributed by atoms with Gasteiger partial charge in [-0.05, 0) is 25.6 Å². The first kappa shape index (κ1) is 12.6. The third-order valence-electron chi connectivity index (χ3n) is 2.73. The molecule has 17 heavy (non-hydrogen) atoms. The minimum atomic E-state index is 0.281. The molecule has 0 spiro atoms. The van der Waals surface area contributed by atoms with E-state index in [4.69, 9.17) is 11.6 Å². The molecule has 0 saturated carbocycles. The van der Waals surface area contributed by atoms with Crippen LogP contribution in [0.2, 0.25) is 4.34 Å². The minimum absolute atomic E-state index is 0.281. The zero-order chi connectivity index (χ0) is 12.3. The highest BCUT2D eigenvalue weighted by atomic mass is 35.5. The van der Waals surface area contributed by atoms with Crippen LogP contribution in [0.1, 0.15) is 30.5 Å². The largest absolute Gasteiger partial charge is 0.325 e. The standard InChI is InChI=1S/C12H16ClN3S/c1-3-14-6-10-7-15-8-16(10)9(2)11-4-5-12(13)17-11/h4-5,7-9,14H,3,6H2,1-2H3. The molecular weight excluding hydrogens is 254 g/mol. The van der Waals surface area contributed by atoms with E-state index in [1.807, 2.05) is 18.6 Å². The summed E-state index contributed by atoms with van der Waals surface area (Å²) in [6, 6.07) is 4.30. The lowest BCUT2D eigenvalue weighted by Crippen LogP contribution is -2.17. The van der Waals surface area contributed by atoms with Gasteiger partial charge in [-0.15, -0.1) is 11.3 Å². The normalized spacial score (nSPS) is 12.9. The Balaban J connectivity index is 2.18. The number of imidazole rings is 1. The molecule has 1 atom stereocenters. The van der Waals surface area contributed by atoms with Crippen molar-refractivity contribution in [2.75, 3.05) is 6.54 Å². The van der Waals surface area contributed by atoms with Gasteiger partial charge in [0.25, 0.3) is 0 Å². The number of aromatic nitrogens is 2. The van der Waals surface area contributed by atoms with E-state index in [0.717, 1.165) is 17.4 Å². The molecule has 0 aliphatic heterocycles. The fraction of sp³-hybridized carbons (Fsp3) is 0.417. The Labute approximate surface area is 110 Å². The maximum Gasteiger partial charge on any atom is 0.0954 e. The summed E-state index contributed by atoms with van der Waals surface area (Å²) in [5, 5.41) is 3.32. The van der Waals surface area contributed by atoms with Crippen LogP contribution in [0.5, 0.6) is 0 Å². The lowest BCUT2D eigenvalue weighted by atomic mass is 10.2. The molecule has 2 aromatic heterocycles. The molecule has 2 heterocycles. The lowest BCUT2D eigenvalue weighted by Gasteiger charge is -2.15. The molecule has 0 bridgehead atoms. The zero-order valence-electron chi connectivity index (χ0n) is 9.98. The first-order valence-electron chi connectivity index (χ1n) is 5.69. The number of nitrogens with one attached hydrogen (secondary N) is 1. The quantitative estimate of drug-likeness (QED) is 0.902. The molecule has 3 nitrogen and oxygen atoms in total. The van der Waals surface area contributed by atoms with E-state index < -0.39 is 0 Å². The Morgan fingerprint density at radius 2 is 2.35 bits per heavy atom. The number of hydrogen-bond acceptors (Lipinski definition) is 3. The average molecular weight is 270 g/mol. The number of nitrogens with zero attached hydrogens (tertiary/aromatic N) is 2. The van der Waals surface area contributed by atoms with Gasteiger partial charge in [0.15, 0.2) is 0 Å². The predicted octanol–water partition coefficient (Wildman–Crippen LogP) is 3.32. The van der Waals surface area contributed by atoms with Crippen LogP contribution < -0.4 is 5.32 Å². The van der Waals surface area contributed by atoms with Crippen molar-refractivity contribution in [2.45, 2.75) is 26.4 Å². The second kappa shape index (κ2) is 5.67. The van der Waals surface area contributed by atoms with Gasteiger partial charge < -0.3 is 9.88 Å². The first-order chi connectivity index (χ1) is 8.22. The van der Waals surface area contributed by atoms with Crippen LogP contribution in [0, 0.1) is 0 Å². The maximum atomic E-state index is 5.97. The molecule has 0 aliphatic carbocycles. The molecule has 0 fully saturated rings. The van der Waals surface area contributed by atoms with Crippen LogP contribution >= 0.6 is 22.9 Å². The average Bonchev–Trinajstić information content (AvgIpc) is 2.94. The van der Waals surface area contributed by atoms with Crippen molar-refractivity contribution in [3.8, 4) is 0 Å². The van der Waals surface area contributed by atoms with Crippen LogP contribution in [-0.2, 0) is 6.54 Å². The van der Waals surface area contributed by atoms with Crippen molar-refractivity contribution in [1.29, 1.82) is 0 Å². The van der Waals surface area contributed by atoms with Gasteiger partial charge in [0.1, 0.15) is 0 Å². The summed E-state index contributed by atoms with van der Waals surface area (Å²) in [6.45, 7) is 6.08. The Morgan fingerprint density at radius 3 is 3.00 bits per heavy atom. The highest BCUT2D eigenvalue weighted by Crippen LogP contribution is 2.29. The molecule has 0 radical (unpaired) electrons. The second-order valence-electron chi connectivity index (χ2n) is 3.89. The molecule has 5 heteroatoms. The number of rotatable bonds is 5. The van der Waals surface area contributed by atoms with Gasteiger partial charge in [-0.25, -0.2) is 4.98 Å². The number of thiophene rings is 1. The summed E-state index contributed by atoms with van der Waals surface area (Å²) >= 11 is 7.59. The summed E-state index contributed by atoms with van der Waals surface area (Å²) in [5.41, 5.74) is 1.20. The Kier molecular flexibility index (Phi) is 4.20. The fourth-order valence-corrected chi connectivity index (χ4v) is 2.87. The van der Waals surface area contributed by atoms with Crippen molar-refractivity contribution in [3.05, 3.63) is 39.6 Å². The molecule has 0 aromatic carbocycles. The Hall–Kier alpha value is -0.840. The molecule has 0 saturated heterocycles. The van der Waals surface area contributed by atoms with Crippen molar-refractivity contribution in [3.63, 3.8) is 0 Å². The fourth-order valence-electron chi connectivity index (χ4n) is 1.76. The van der Waals surface area contributed by atoms with Crippen molar-refractivity contribution in [2.24, 2.45) is 0 Å². The van der Waals surface area contributed by atoms with Gasteiger partial charge in [0.2, 0.25) is 0 Å². The summed E-state index contributed by atoms with van der Waals surface area (Å²) in [4.78, 5) is 5.48. The SMILES string of the molecule is CCNCc1cncn1C(C)c1ccc(Cl)s1.